The minimum Gasteiger partial charge on any atom is -0.483 e. The molecule has 27 heavy (non-hydrogen) atoms. The Morgan fingerprint density at radius 3 is 2.59 bits per heavy atom. The molecule has 0 fully saturated rings. The second kappa shape index (κ2) is 6.16. The van der Waals surface area contributed by atoms with Gasteiger partial charge in [0.15, 0.2) is 11.5 Å². The molecule has 0 bridgehead atoms. The quantitative estimate of drug-likeness (QED) is 0.751. The van der Waals surface area contributed by atoms with E-state index in [1.807, 2.05) is 6.07 Å². The van der Waals surface area contributed by atoms with E-state index in [2.05, 4.69) is 63.9 Å². The van der Waals surface area contributed by atoms with E-state index in [-0.39, 0.29) is 17.7 Å². The fraction of sp³-hybridized carbons (Fsp3) is 0.375. The zero-order chi connectivity index (χ0) is 19.2. The van der Waals surface area contributed by atoms with Gasteiger partial charge in [-0.3, -0.25) is 4.99 Å². The Hall–Kier alpha value is -2.73. The average molecular weight is 359 g/mol. The van der Waals surface area contributed by atoms with Crippen LogP contribution in [0.15, 0.2) is 41.4 Å². The van der Waals surface area contributed by atoms with E-state index in [0.29, 0.717) is 0 Å². The van der Waals surface area contributed by atoms with Crippen molar-refractivity contribution < 1.29 is 9.47 Å². The molecule has 0 amide bonds. The molecule has 0 aromatic heterocycles. The van der Waals surface area contributed by atoms with Crippen LogP contribution in [0.25, 0.3) is 0 Å². The highest BCUT2D eigenvalue weighted by Crippen LogP contribution is 2.47. The zero-order valence-corrected chi connectivity index (χ0v) is 16.4. The first-order valence-corrected chi connectivity index (χ1v) is 9.39. The van der Waals surface area contributed by atoms with E-state index in [1.54, 1.807) is 0 Å². The molecule has 0 saturated heterocycles. The van der Waals surface area contributed by atoms with Gasteiger partial charge in [-0.1, -0.05) is 36.3 Å². The first kappa shape index (κ1) is 17.7. The zero-order valence-electron chi connectivity index (χ0n) is 16.4. The van der Waals surface area contributed by atoms with Crippen molar-refractivity contribution in [3.63, 3.8) is 0 Å². The SMILES string of the molecule is C#CCOc1cc2c(c3c1OC(C)(C)C3)C(c1ccccc1)=NC(C)(C)C2. The van der Waals surface area contributed by atoms with Crippen molar-refractivity contribution in [1.82, 2.24) is 0 Å². The molecule has 0 atom stereocenters. The van der Waals surface area contributed by atoms with Crippen LogP contribution in [0.3, 0.4) is 0 Å². The monoisotopic (exact) mass is 359 g/mol. The van der Waals surface area contributed by atoms with E-state index >= 15 is 0 Å². The second-order valence-corrected chi connectivity index (χ2v) is 8.56. The summed E-state index contributed by atoms with van der Waals surface area (Å²) in [6.45, 7) is 8.80. The van der Waals surface area contributed by atoms with E-state index in [0.717, 1.165) is 35.6 Å². The maximum absolute atomic E-state index is 6.28. The molecule has 0 aliphatic carbocycles. The lowest BCUT2D eigenvalue weighted by Gasteiger charge is -2.31. The first-order chi connectivity index (χ1) is 12.8. The molecule has 3 nitrogen and oxygen atoms in total. The molecule has 4 rings (SSSR count). The normalized spacial score (nSPS) is 18.6. The Kier molecular flexibility index (Phi) is 4.03. The summed E-state index contributed by atoms with van der Waals surface area (Å²) in [6, 6.07) is 12.5. The van der Waals surface area contributed by atoms with Crippen LogP contribution in [0.5, 0.6) is 11.5 Å². The van der Waals surface area contributed by atoms with Crippen molar-refractivity contribution in [3.8, 4) is 23.8 Å². The van der Waals surface area contributed by atoms with Gasteiger partial charge in [0.05, 0.1) is 11.3 Å². The van der Waals surface area contributed by atoms with Crippen LogP contribution in [0.1, 0.15) is 49.9 Å². The lowest BCUT2D eigenvalue weighted by molar-refractivity contribution is 0.133. The Balaban J connectivity index is 1.96. The highest BCUT2D eigenvalue weighted by Gasteiger charge is 2.39. The highest BCUT2D eigenvalue weighted by atomic mass is 16.5. The van der Waals surface area contributed by atoms with Crippen LogP contribution in [0.2, 0.25) is 0 Å². The van der Waals surface area contributed by atoms with Crippen molar-refractivity contribution in [1.29, 1.82) is 0 Å². The van der Waals surface area contributed by atoms with E-state index < -0.39 is 0 Å². The van der Waals surface area contributed by atoms with Crippen LogP contribution in [0, 0.1) is 12.3 Å². The van der Waals surface area contributed by atoms with Crippen molar-refractivity contribution >= 4 is 5.71 Å². The van der Waals surface area contributed by atoms with Crippen molar-refractivity contribution in [2.45, 2.75) is 51.7 Å². The number of fused-ring (bicyclic) bond motifs is 3. The van der Waals surface area contributed by atoms with Crippen molar-refractivity contribution in [2.24, 2.45) is 4.99 Å². The van der Waals surface area contributed by atoms with Crippen LogP contribution in [-0.2, 0) is 12.8 Å². The minimum absolute atomic E-state index is 0.176. The predicted molar refractivity (Wildman–Crippen MR) is 109 cm³/mol. The van der Waals surface area contributed by atoms with Gasteiger partial charge in [0.1, 0.15) is 12.2 Å². The largest absolute Gasteiger partial charge is 0.483 e. The van der Waals surface area contributed by atoms with Crippen molar-refractivity contribution in [2.75, 3.05) is 6.61 Å². The molecular weight excluding hydrogens is 334 g/mol. The van der Waals surface area contributed by atoms with Gasteiger partial charge in [0.25, 0.3) is 0 Å². The summed E-state index contributed by atoms with van der Waals surface area (Å²) in [5.74, 6) is 4.12. The minimum atomic E-state index is -0.277. The van der Waals surface area contributed by atoms with Gasteiger partial charge in [-0.15, -0.1) is 6.42 Å². The van der Waals surface area contributed by atoms with Crippen LogP contribution in [-0.4, -0.2) is 23.5 Å². The molecule has 0 unspecified atom stereocenters. The molecule has 2 heterocycles. The number of hydrogen-bond donors (Lipinski definition) is 0. The van der Waals surface area contributed by atoms with Crippen LogP contribution < -0.4 is 9.47 Å². The van der Waals surface area contributed by atoms with Crippen molar-refractivity contribution in [3.05, 3.63) is 58.7 Å². The van der Waals surface area contributed by atoms with Crippen LogP contribution >= 0.6 is 0 Å². The molecule has 3 heteroatoms. The number of terminal acetylenes is 1. The fourth-order valence-electron chi connectivity index (χ4n) is 4.10. The second-order valence-electron chi connectivity index (χ2n) is 8.56. The van der Waals surface area contributed by atoms with Gasteiger partial charge < -0.3 is 9.47 Å². The number of nitrogens with zero attached hydrogens (tertiary/aromatic N) is 1. The molecule has 0 N–H and O–H groups in total. The standard InChI is InChI=1S/C24H25NO2/c1-6-12-26-19-13-17-14-23(2,3)25-21(16-10-8-7-9-11-16)20(17)18-15-24(4,5)27-22(18)19/h1,7-11,13H,12,14-15H2,2-5H3. The lowest BCUT2D eigenvalue weighted by Crippen LogP contribution is -2.30. The summed E-state index contributed by atoms with van der Waals surface area (Å²) in [7, 11) is 0. The Labute approximate surface area is 161 Å². The number of rotatable bonds is 3. The maximum Gasteiger partial charge on any atom is 0.166 e. The summed E-state index contributed by atoms with van der Waals surface area (Å²) in [5, 5.41) is 0. The molecule has 0 radical (unpaired) electrons. The van der Waals surface area contributed by atoms with Crippen LogP contribution in [0.4, 0.5) is 0 Å². The van der Waals surface area contributed by atoms with Gasteiger partial charge in [-0.2, -0.15) is 0 Å². The maximum atomic E-state index is 6.28. The lowest BCUT2D eigenvalue weighted by atomic mass is 9.81. The number of hydrogen-bond acceptors (Lipinski definition) is 3. The van der Waals surface area contributed by atoms with Gasteiger partial charge >= 0.3 is 0 Å². The summed E-state index contributed by atoms with van der Waals surface area (Å²) < 4.78 is 12.1. The Morgan fingerprint density at radius 2 is 1.89 bits per heavy atom. The molecule has 2 aliphatic heterocycles. The smallest absolute Gasteiger partial charge is 0.166 e. The number of ether oxygens (including phenoxy) is 2. The van der Waals surface area contributed by atoms with E-state index in [9.17, 15) is 0 Å². The topological polar surface area (TPSA) is 30.8 Å². The highest BCUT2D eigenvalue weighted by molar-refractivity contribution is 6.16. The van der Waals surface area contributed by atoms with Gasteiger partial charge in [0.2, 0.25) is 0 Å². The molecule has 0 saturated carbocycles. The van der Waals surface area contributed by atoms with E-state index in [4.69, 9.17) is 20.9 Å². The summed E-state index contributed by atoms with van der Waals surface area (Å²) >= 11 is 0. The molecule has 2 aromatic carbocycles. The molecule has 2 aromatic rings. The summed E-state index contributed by atoms with van der Waals surface area (Å²) in [6.07, 6.45) is 7.10. The summed E-state index contributed by atoms with van der Waals surface area (Å²) in [4.78, 5) is 5.13. The third-order valence-corrected chi connectivity index (χ3v) is 5.04. The fourth-order valence-corrected chi connectivity index (χ4v) is 4.10. The molecule has 0 spiro atoms. The average Bonchev–Trinajstić information content (AvgIpc) is 2.94. The Morgan fingerprint density at radius 1 is 1.15 bits per heavy atom. The predicted octanol–water partition coefficient (Wildman–Crippen LogP) is 4.58. The Bertz CT molecular complexity index is 962. The third-order valence-electron chi connectivity index (χ3n) is 5.04. The molecule has 138 valence electrons. The first-order valence-electron chi connectivity index (χ1n) is 9.39. The van der Waals surface area contributed by atoms with Gasteiger partial charge in [0, 0.05) is 23.1 Å². The molecular formula is C24H25NO2. The third kappa shape index (κ3) is 3.21. The molecule has 2 aliphatic rings. The number of benzene rings is 2. The summed E-state index contributed by atoms with van der Waals surface area (Å²) in [5.41, 5.74) is 5.36. The van der Waals surface area contributed by atoms with E-state index in [1.165, 1.54) is 16.7 Å². The van der Waals surface area contributed by atoms with Gasteiger partial charge in [-0.25, -0.2) is 0 Å². The number of aliphatic imine (C=N–C) groups is 1. The van der Waals surface area contributed by atoms with Gasteiger partial charge in [-0.05, 0) is 45.7 Å².